The van der Waals surface area contributed by atoms with E-state index in [2.05, 4.69) is 0 Å². The summed E-state index contributed by atoms with van der Waals surface area (Å²) in [4.78, 5) is 27.8. The van der Waals surface area contributed by atoms with Gasteiger partial charge in [0.2, 0.25) is 0 Å². The summed E-state index contributed by atoms with van der Waals surface area (Å²) < 4.78 is 19.1. The molecule has 0 radical (unpaired) electrons. The fraction of sp³-hybridized carbons (Fsp3) is 0.429. The molecule has 8 heteroatoms. The molecule has 1 aliphatic heterocycles. The molecule has 0 bridgehead atoms. The van der Waals surface area contributed by atoms with Gasteiger partial charge in [0.05, 0.1) is 5.69 Å². The van der Waals surface area contributed by atoms with Gasteiger partial charge in [0.15, 0.2) is 0 Å². The van der Waals surface area contributed by atoms with Crippen LogP contribution in [-0.2, 0) is 16.1 Å². The smallest absolute Gasteiger partial charge is 0.419 e. The molecule has 0 saturated heterocycles. The molecule has 1 aliphatic rings. The number of carbonyl (C=O) groups excluding carboxylic acids is 2. The number of amides is 1. The number of halogens is 1. The number of hydrogen-bond acceptors (Lipinski definition) is 5. The lowest BCUT2D eigenvalue weighted by atomic mass is 9.99. The Morgan fingerprint density at radius 2 is 1.61 bits per heavy atom. The summed E-state index contributed by atoms with van der Waals surface area (Å²) in [5.74, 6) is 0.644. The number of carbonyl (C=O) groups is 2. The Bertz CT molecular complexity index is 1270. The van der Waals surface area contributed by atoms with Crippen LogP contribution in [0.3, 0.4) is 0 Å². The standard InChI is InChI=1S/C28H33ClN2O5/c1-27(2,3)35-25(32)30-13-12-20-23-19(15-29)16-31(26(33)36-28(4,5)6)21(23)14-22(24(20)30)34-17-18-10-8-7-9-11-18/h7-14,19H,15-17H2,1-6H3/t19-/m1/s1. The van der Waals surface area contributed by atoms with Gasteiger partial charge in [-0.3, -0.25) is 4.90 Å². The van der Waals surface area contributed by atoms with Crippen molar-refractivity contribution in [3.8, 4) is 5.75 Å². The number of anilines is 1. The van der Waals surface area contributed by atoms with Crippen LogP contribution in [0.5, 0.6) is 5.75 Å². The van der Waals surface area contributed by atoms with E-state index in [1.807, 2.05) is 77.9 Å². The van der Waals surface area contributed by atoms with Crippen molar-refractivity contribution in [3.63, 3.8) is 0 Å². The van der Waals surface area contributed by atoms with Crippen molar-refractivity contribution in [1.29, 1.82) is 0 Å². The molecule has 4 rings (SSSR count). The summed E-state index contributed by atoms with van der Waals surface area (Å²) in [6, 6.07) is 13.4. The van der Waals surface area contributed by atoms with Crippen LogP contribution in [0.2, 0.25) is 0 Å². The van der Waals surface area contributed by atoms with Gasteiger partial charge in [-0.2, -0.15) is 0 Å². The van der Waals surface area contributed by atoms with Crippen LogP contribution >= 0.6 is 11.6 Å². The number of ether oxygens (including phenoxy) is 3. The van der Waals surface area contributed by atoms with Gasteiger partial charge in [0.25, 0.3) is 0 Å². The molecule has 0 N–H and O–H groups in total. The van der Waals surface area contributed by atoms with E-state index in [4.69, 9.17) is 25.8 Å². The third-order valence-corrected chi connectivity index (χ3v) is 6.06. The average molecular weight is 513 g/mol. The van der Waals surface area contributed by atoms with Crippen LogP contribution in [0.15, 0.2) is 48.7 Å². The summed E-state index contributed by atoms with van der Waals surface area (Å²) in [5, 5.41) is 0.790. The van der Waals surface area contributed by atoms with Crippen molar-refractivity contribution in [2.75, 3.05) is 17.3 Å². The third-order valence-electron chi connectivity index (χ3n) is 5.68. The van der Waals surface area contributed by atoms with Crippen LogP contribution in [0.25, 0.3) is 10.9 Å². The maximum atomic E-state index is 13.1. The van der Waals surface area contributed by atoms with E-state index in [9.17, 15) is 9.59 Å². The first-order valence-electron chi connectivity index (χ1n) is 12.0. The monoisotopic (exact) mass is 512 g/mol. The number of fused-ring (bicyclic) bond motifs is 3. The highest BCUT2D eigenvalue weighted by atomic mass is 35.5. The minimum Gasteiger partial charge on any atom is -0.487 e. The maximum Gasteiger partial charge on any atom is 0.419 e. The molecule has 1 aromatic heterocycles. The minimum atomic E-state index is -0.665. The van der Waals surface area contributed by atoms with Crippen molar-refractivity contribution < 1.29 is 23.8 Å². The Morgan fingerprint density at radius 1 is 0.972 bits per heavy atom. The van der Waals surface area contributed by atoms with Gasteiger partial charge in [0, 0.05) is 36.0 Å². The number of aromatic nitrogens is 1. The van der Waals surface area contributed by atoms with E-state index in [1.54, 1.807) is 17.2 Å². The van der Waals surface area contributed by atoms with E-state index < -0.39 is 23.4 Å². The highest BCUT2D eigenvalue weighted by Crippen LogP contribution is 2.46. The SMILES string of the molecule is CC(C)(C)OC(=O)N1C[C@@H](CCl)c2c1cc(OCc1ccccc1)c1c2ccn1C(=O)OC(C)(C)C. The van der Waals surface area contributed by atoms with E-state index in [-0.39, 0.29) is 5.92 Å². The Balaban J connectivity index is 1.85. The zero-order valence-corrected chi connectivity index (χ0v) is 22.4. The first-order valence-corrected chi connectivity index (χ1v) is 12.6. The van der Waals surface area contributed by atoms with Gasteiger partial charge in [-0.15, -0.1) is 11.6 Å². The molecule has 2 heterocycles. The normalized spacial score (nSPS) is 15.6. The van der Waals surface area contributed by atoms with Gasteiger partial charge in [-0.05, 0) is 58.7 Å². The summed E-state index contributed by atoms with van der Waals surface area (Å²) in [5.41, 5.74) is 1.81. The second-order valence-corrected chi connectivity index (χ2v) is 11.3. The molecular formula is C28H33ClN2O5. The molecule has 2 aromatic carbocycles. The van der Waals surface area contributed by atoms with Crippen molar-refractivity contribution in [2.24, 2.45) is 0 Å². The van der Waals surface area contributed by atoms with Gasteiger partial charge in [0.1, 0.15) is 29.1 Å². The van der Waals surface area contributed by atoms with Crippen LogP contribution < -0.4 is 9.64 Å². The van der Waals surface area contributed by atoms with Crippen LogP contribution in [-0.4, -0.2) is 40.4 Å². The van der Waals surface area contributed by atoms with Gasteiger partial charge in [-0.25, -0.2) is 14.2 Å². The third kappa shape index (κ3) is 5.46. The van der Waals surface area contributed by atoms with Crippen LogP contribution in [0.1, 0.15) is 58.6 Å². The van der Waals surface area contributed by atoms with E-state index >= 15 is 0 Å². The number of benzene rings is 2. The summed E-state index contributed by atoms with van der Waals surface area (Å²) in [6.07, 6.45) is 0.721. The van der Waals surface area contributed by atoms with Gasteiger partial charge < -0.3 is 14.2 Å². The van der Waals surface area contributed by atoms with E-state index in [0.29, 0.717) is 36.0 Å². The molecule has 0 fully saturated rings. The fourth-order valence-corrected chi connectivity index (χ4v) is 4.55. The average Bonchev–Trinajstić information content (AvgIpc) is 3.37. The van der Waals surface area contributed by atoms with Gasteiger partial charge >= 0.3 is 12.2 Å². The van der Waals surface area contributed by atoms with E-state index in [1.165, 1.54) is 4.57 Å². The second kappa shape index (κ2) is 9.69. The molecule has 1 amide bonds. The molecule has 0 unspecified atom stereocenters. The maximum absolute atomic E-state index is 13.1. The lowest BCUT2D eigenvalue weighted by Gasteiger charge is -2.25. The molecule has 0 aliphatic carbocycles. The second-order valence-electron chi connectivity index (χ2n) is 11.0. The summed E-state index contributed by atoms with van der Waals surface area (Å²) >= 11 is 6.37. The highest BCUT2D eigenvalue weighted by Gasteiger charge is 2.38. The molecule has 1 atom stereocenters. The molecule has 192 valence electrons. The van der Waals surface area contributed by atoms with Crippen molar-refractivity contribution >= 4 is 40.4 Å². The predicted octanol–water partition coefficient (Wildman–Crippen LogP) is 7.08. The molecule has 0 saturated carbocycles. The quantitative estimate of drug-likeness (QED) is 0.349. The summed E-state index contributed by atoms with van der Waals surface area (Å²) in [7, 11) is 0. The predicted molar refractivity (Wildman–Crippen MR) is 141 cm³/mol. The van der Waals surface area contributed by atoms with E-state index in [0.717, 1.165) is 16.5 Å². The fourth-order valence-electron chi connectivity index (χ4n) is 4.30. The first kappa shape index (κ1) is 25.9. The molecule has 0 spiro atoms. The first-order chi connectivity index (χ1) is 16.9. The molecule has 36 heavy (non-hydrogen) atoms. The van der Waals surface area contributed by atoms with Gasteiger partial charge in [-0.1, -0.05) is 30.3 Å². The topological polar surface area (TPSA) is 70.0 Å². The Morgan fingerprint density at radius 3 is 2.22 bits per heavy atom. The zero-order valence-electron chi connectivity index (χ0n) is 21.6. The Labute approximate surface area is 216 Å². The summed E-state index contributed by atoms with van der Waals surface area (Å²) in [6.45, 7) is 11.6. The van der Waals surface area contributed by atoms with Crippen LogP contribution in [0.4, 0.5) is 15.3 Å². The lowest BCUT2D eigenvalue weighted by Crippen LogP contribution is -2.36. The Hall–Kier alpha value is -3.19. The number of alkyl halides is 1. The highest BCUT2D eigenvalue weighted by molar-refractivity contribution is 6.19. The largest absolute Gasteiger partial charge is 0.487 e. The molecule has 3 aromatic rings. The number of hydrogen-bond donors (Lipinski definition) is 0. The van der Waals surface area contributed by atoms with Crippen molar-refractivity contribution in [1.82, 2.24) is 4.57 Å². The van der Waals surface area contributed by atoms with Crippen molar-refractivity contribution in [3.05, 3.63) is 59.8 Å². The number of nitrogens with zero attached hydrogens (tertiary/aromatic N) is 2. The van der Waals surface area contributed by atoms with Crippen molar-refractivity contribution in [2.45, 2.75) is 65.3 Å². The molecule has 7 nitrogen and oxygen atoms in total. The van der Waals surface area contributed by atoms with Crippen LogP contribution in [0, 0.1) is 0 Å². The molecular weight excluding hydrogens is 480 g/mol. The lowest BCUT2D eigenvalue weighted by molar-refractivity contribution is 0.0540. The Kier molecular flexibility index (Phi) is 6.97. The minimum absolute atomic E-state index is 0.130. The number of rotatable bonds is 4. The zero-order chi connectivity index (χ0) is 26.3.